The van der Waals surface area contributed by atoms with Crippen molar-refractivity contribution in [1.29, 1.82) is 0 Å². The van der Waals surface area contributed by atoms with E-state index in [4.69, 9.17) is 4.74 Å². The summed E-state index contributed by atoms with van der Waals surface area (Å²) in [5, 5.41) is 13.8. The van der Waals surface area contributed by atoms with Gasteiger partial charge in [-0.15, -0.1) is 12.4 Å². The second kappa shape index (κ2) is 5.91. The molecule has 0 bridgehead atoms. The third kappa shape index (κ3) is 2.80. The van der Waals surface area contributed by atoms with Gasteiger partial charge in [0.05, 0.1) is 13.2 Å². The standard InChI is InChI=1S/C13H16F2N2O2.ClH/c14-11-2-1-9(5-12(11)15)13(18)8-17-4-3-16-6-10(17)7-19-13;/h1-2,5,10,16,18H,3-4,6-8H2;1H/t10-,13-;/m0./s1. The number of ether oxygens (including phenoxy) is 1. The van der Waals surface area contributed by atoms with Crippen LogP contribution in [-0.2, 0) is 10.5 Å². The van der Waals surface area contributed by atoms with Gasteiger partial charge in [-0.25, -0.2) is 8.78 Å². The first-order valence-electron chi connectivity index (χ1n) is 6.35. The van der Waals surface area contributed by atoms with Crippen LogP contribution in [0, 0.1) is 11.6 Å². The molecule has 1 aromatic carbocycles. The summed E-state index contributed by atoms with van der Waals surface area (Å²) in [5.74, 6) is -3.47. The zero-order valence-corrected chi connectivity index (χ0v) is 11.6. The maximum Gasteiger partial charge on any atom is 0.205 e. The van der Waals surface area contributed by atoms with Gasteiger partial charge < -0.3 is 15.2 Å². The van der Waals surface area contributed by atoms with Gasteiger partial charge in [0.25, 0.3) is 0 Å². The molecule has 2 aliphatic rings. The molecular weight excluding hydrogens is 290 g/mol. The highest BCUT2D eigenvalue weighted by molar-refractivity contribution is 5.85. The molecule has 2 atom stereocenters. The average molecular weight is 307 g/mol. The van der Waals surface area contributed by atoms with Crippen LogP contribution in [0.2, 0.25) is 0 Å². The minimum absolute atomic E-state index is 0. The van der Waals surface area contributed by atoms with E-state index in [1.54, 1.807) is 0 Å². The molecule has 3 rings (SSSR count). The lowest BCUT2D eigenvalue weighted by molar-refractivity contribution is -0.262. The Morgan fingerprint density at radius 3 is 2.90 bits per heavy atom. The molecule has 4 nitrogen and oxygen atoms in total. The van der Waals surface area contributed by atoms with Crippen LogP contribution in [-0.4, -0.2) is 48.8 Å². The molecule has 0 amide bonds. The van der Waals surface area contributed by atoms with E-state index in [-0.39, 0.29) is 30.6 Å². The number of rotatable bonds is 1. The van der Waals surface area contributed by atoms with Crippen molar-refractivity contribution in [3.8, 4) is 0 Å². The van der Waals surface area contributed by atoms with Crippen molar-refractivity contribution in [2.24, 2.45) is 0 Å². The van der Waals surface area contributed by atoms with Crippen LogP contribution in [0.5, 0.6) is 0 Å². The third-order valence-corrected chi connectivity index (χ3v) is 3.77. The van der Waals surface area contributed by atoms with Crippen LogP contribution in [0.4, 0.5) is 8.78 Å². The molecule has 20 heavy (non-hydrogen) atoms. The van der Waals surface area contributed by atoms with Gasteiger partial charge in [-0.05, 0) is 12.1 Å². The van der Waals surface area contributed by atoms with Gasteiger partial charge in [-0.3, -0.25) is 4.90 Å². The molecule has 0 radical (unpaired) electrons. The maximum absolute atomic E-state index is 13.3. The van der Waals surface area contributed by atoms with Crippen molar-refractivity contribution in [1.82, 2.24) is 10.2 Å². The molecule has 2 N–H and O–H groups in total. The van der Waals surface area contributed by atoms with Gasteiger partial charge in [-0.1, -0.05) is 6.07 Å². The number of morpholine rings is 1. The van der Waals surface area contributed by atoms with Gasteiger partial charge in [-0.2, -0.15) is 0 Å². The molecule has 112 valence electrons. The van der Waals surface area contributed by atoms with E-state index in [1.165, 1.54) is 6.07 Å². The number of nitrogens with one attached hydrogen (secondary N) is 1. The topological polar surface area (TPSA) is 44.7 Å². The number of fused-ring (bicyclic) bond motifs is 1. The molecule has 2 heterocycles. The Kier molecular flexibility index (Phi) is 4.61. The number of halogens is 3. The highest BCUT2D eigenvalue weighted by atomic mass is 35.5. The van der Waals surface area contributed by atoms with Crippen molar-refractivity contribution < 1.29 is 18.6 Å². The Hall–Kier alpha value is -0.790. The maximum atomic E-state index is 13.3. The predicted octanol–water partition coefficient (Wildman–Crippen LogP) is 0.836. The van der Waals surface area contributed by atoms with Crippen LogP contribution < -0.4 is 5.32 Å². The van der Waals surface area contributed by atoms with Gasteiger partial charge in [0.2, 0.25) is 5.79 Å². The molecule has 1 aromatic rings. The first kappa shape index (κ1) is 15.6. The Labute approximate surface area is 122 Å². The minimum atomic E-state index is -1.57. The molecule has 7 heteroatoms. The summed E-state index contributed by atoms with van der Waals surface area (Å²) in [6.07, 6.45) is 0. The molecule has 0 saturated carbocycles. The second-order valence-corrected chi connectivity index (χ2v) is 5.05. The van der Waals surface area contributed by atoms with Gasteiger partial charge >= 0.3 is 0 Å². The SMILES string of the molecule is Cl.O[C@@]1(c2ccc(F)c(F)c2)CN2CCNC[C@H]2CO1. The first-order valence-corrected chi connectivity index (χ1v) is 6.35. The Morgan fingerprint density at radius 1 is 1.35 bits per heavy atom. The summed E-state index contributed by atoms with van der Waals surface area (Å²) in [5.41, 5.74) is 0.253. The summed E-state index contributed by atoms with van der Waals surface area (Å²) >= 11 is 0. The van der Waals surface area contributed by atoms with Gasteiger partial charge in [0.15, 0.2) is 11.6 Å². The van der Waals surface area contributed by atoms with Crippen molar-refractivity contribution >= 4 is 12.4 Å². The molecule has 2 aliphatic heterocycles. The smallest absolute Gasteiger partial charge is 0.205 e. The number of nitrogens with zero attached hydrogens (tertiary/aromatic N) is 1. The van der Waals surface area contributed by atoms with E-state index >= 15 is 0 Å². The summed E-state index contributed by atoms with van der Waals surface area (Å²) in [6, 6.07) is 3.59. The zero-order valence-electron chi connectivity index (χ0n) is 10.8. The van der Waals surface area contributed by atoms with E-state index in [2.05, 4.69) is 10.2 Å². The van der Waals surface area contributed by atoms with Crippen molar-refractivity contribution in [3.63, 3.8) is 0 Å². The monoisotopic (exact) mass is 306 g/mol. The molecule has 0 aromatic heterocycles. The minimum Gasteiger partial charge on any atom is -0.361 e. The van der Waals surface area contributed by atoms with E-state index in [0.717, 1.165) is 31.8 Å². The van der Waals surface area contributed by atoms with E-state index < -0.39 is 17.4 Å². The highest BCUT2D eigenvalue weighted by Gasteiger charge is 2.41. The number of benzene rings is 1. The largest absolute Gasteiger partial charge is 0.361 e. The average Bonchev–Trinajstić information content (AvgIpc) is 2.41. The molecule has 0 aliphatic carbocycles. The number of hydrogen-bond donors (Lipinski definition) is 2. The van der Waals surface area contributed by atoms with E-state index in [9.17, 15) is 13.9 Å². The molecule has 2 saturated heterocycles. The Bertz CT molecular complexity index is 491. The van der Waals surface area contributed by atoms with Crippen molar-refractivity contribution in [2.45, 2.75) is 11.8 Å². The lowest BCUT2D eigenvalue weighted by atomic mass is 10.0. The number of aliphatic hydroxyl groups is 1. The summed E-state index contributed by atoms with van der Waals surface area (Å²) < 4.78 is 31.7. The lowest BCUT2D eigenvalue weighted by Crippen LogP contribution is -2.62. The van der Waals surface area contributed by atoms with Crippen LogP contribution in [0.1, 0.15) is 5.56 Å². The number of piperazine rings is 1. The fourth-order valence-corrected chi connectivity index (χ4v) is 2.64. The molecule has 0 unspecified atom stereocenters. The third-order valence-electron chi connectivity index (χ3n) is 3.77. The molecule has 2 fully saturated rings. The first-order chi connectivity index (χ1) is 9.08. The fourth-order valence-electron chi connectivity index (χ4n) is 2.64. The Balaban J connectivity index is 0.00000147. The van der Waals surface area contributed by atoms with Crippen LogP contribution >= 0.6 is 12.4 Å². The lowest BCUT2D eigenvalue weighted by Gasteiger charge is -2.46. The fraction of sp³-hybridized carbons (Fsp3) is 0.538. The van der Waals surface area contributed by atoms with E-state index in [1.807, 2.05) is 0 Å². The van der Waals surface area contributed by atoms with Crippen LogP contribution in [0.25, 0.3) is 0 Å². The van der Waals surface area contributed by atoms with Gasteiger partial charge in [0, 0.05) is 31.2 Å². The summed E-state index contributed by atoms with van der Waals surface area (Å²) in [6.45, 7) is 3.10. The normalized spacial score (nSPS) is 30.4. The highest BCUT2D eigenvalue weighted by Crippen LogP contribution is 2.30. The van der Waals surface area contributed by atoms with Gasteiger partial charge in [0.1, 0.15) is 0 Å². The van der Waals surface area contributed by atoms with E-state index in [0.29, 0.717) is 6.61 Å². The van der Waals surface area contributed by atoms with Crippen molar-refractivity contribution in [3.05, 3.63) is 35.4 Å². The van der Waals surface area contributed by atoms with Crippen LogP contribution in [0.3, 0.4) is 0 Å². The Morgan fingerprint density at radius 2 is 2.15 bits per heavy atom. The van der Waals surface area contributed by atoms with Crippen LogP contribution in [0.15, 0.2) is 18.2 Å². The predicted molar refractivity (Wildman–Crippen MR) is 71.7 cm³/mol. The number of hydrogen-bond acceptors (Lipinski definition) is 4. The zero-order chi connectivity index (χ0) is 13.5. The summed E-state index contributed by atoms with van der Waals surface area (Å²) in [7, 11) is 0. The second-order valence-electron chi connectivity index (χ2n) is 5.05. The molecular formula is C13H17ClF2N2O2. The van der Waals surface area contributed by atoms with Crippen molar-refractivity contribution in [2.75, 3.05) is 32.8 Å². The molecule has 0 spiro atoms. The summed E-state index contributed by atoms with van der Waals surface area (Å²) in [4.78, 5) is 2.11. The quantitative estimate of drug-likeness (QED) is 0.807.